The molecule has 7 nitrogen and oxygen atoms in total. The number of phenolic OH excluding ortho intramolecular Hbond substituents is 1. The molecule has 0 saturated carbocycles. The van der Waals surface area contributed by atoms with Gasteiger partial charge in [-0.25, -0.2) is 0 Å². The Morgan fingerprint density at radius 3 is 2.77 bits per heavy atom. The molecule has 2 heterocycles. The Kier molecular flexibility index (Phi) is 4.60. The summed E-state index contributed by atoms with van der Waals surface area (Å²) < 4.78 is 5.40. The van der Waals surface area contributed by atoms with Crippen LogP contribution in [0.2, 0.25) is 5.02 Å². The van der Waals surface area contributed by atoms with Crippen LogP contribution in [0.5, 0.6) is 5.75 Å². The maximum absolute atomic E-state index is 13.0. The van der Waals surface area contributed by atoms with E-state index in [1.807, 2.05) is 18.2 Å². The van der Waals surface area contributed by atoms with E-state index in [2.05, 4.69) is 10.6 Å². The Balaban J connectivity index is 1.38. The summed E-state index contributed by atoms with van der Waals surface area (Å²) in [7, 11) is 0. The molecule has 2 aliphatic heterocycles. The summed E-state index contributed by atoms with van der Waals surface area (Å²) in [5.74, 6) is 0.229. The third-order valence-corrected chi connectivity index (χ3v) is 6.58. The summed E-state index contributed by atoms with van der Waals surface area (Å²) in [6.07, 6.45) is 2.53. The van der Waals surface area contributed by atoms with E-state index >= 15 is 0 Å². The highest BCUT2D eigenvalue weighted by atomic mass is 35.5. The molecule has 0 bridgehead atoms. The number of guanidine groups is 1. The minimum atomic E-state index is -0.518. The summed E-state index contributed by atoms with van der Waals surface area (Å²) in [5.41, 5.74) is 3.36. The second kappa shape index (κ2) is 7.18. The van der Waals surface area contributed by atoms with E-state index < -0.39 is 5.54 Å². The maximum atomic E-state index is 13.0. The number of aromatic hydroxyl groups is 1. The molecule has 1 spiro atoms. The molecule has 156 valence electrons. The van der Waals surface area contributed by atoms with Gasteiger partial charge in [-0.05, 0) is 48.2 Å². The second-order valence-electron chi connectivity index (χ2n) is 8.14. The van der Waals surface area contributed by atoms with Crippen molar-refractivity contribution < 1.29 is 14.6 Å². The molecule has 1 amide bonds. The summed E-state index contributed by atoms with van der Waals surface area (Å²) in [4.78, 5) is 14.6. The van der Waals surface area contributed by atoms with Crippen molar-refractivity contribution in [2.24, 2.45) is 0 Å². The van der Waals surface area contributed by atoms with Gasteiger partial charge in [0.2, 0.25) is 5.91 Å². The van der Waals surface area contributed by atoms with Crippen LogP contribution < -0.4 is 10.6 Å². The molecular weight excluding hydrogens is 404 g/mol. The van der Waals surface area contributed by atoms with Gasteiger partial charge in [0.25, 0.3) is 0 Å². The summed E-state index contributed by atoms with van der Waals surface area (Å²) in [5, 5.41) is 25.1. The second-order valence-corrected chi connectivity index (χ2v) is 8.55. The van der Waals surface area contributed by atoms with E-state index in [0.29, 0.717) is 26.1 Å². The zero-order valence-corrected chi connectivity index (χ0v) is 17.1. The standard InChI is InChI=1S/C22H23ClN4O3/c23-17-10-13(4-5-19(17)28)25-18-3-1-2-16-15(18)11-22(16)12-20(29)27(21(24)26-22)14-6-8-30-9-7-14/h1-5,10,14,25,28H,6-9,11-12H2,(H2,24,26)/t22-/m0/s1. The minimum Gasteiger partial charge on any atom is -0.506 e. The molecule has 0 aromatic heterocycles. The van der Waals surface area contributed by atoms with Gasteiger partial charge in [0.1, 0.15) is 5.75 Å². The lowest BCUT2D eigenvalue weighted by Crippen LogP contribution is -2.66. The molecule has 2 aromatic carbocycles. The number of hydrogen-bond donors (Lipinski definition) is 4. The number of nitrogens with zero attached hydrogens (tertiary/aromatic N) is 1. The van der Waals surface area contributed by atoms with Crippen LogP contribution in [0, 0.1) is 5.41 Å². The number of phenols is 1. The zero-order chi connectivity index (χ0) is 20.9. The third kappa shape index (κ3) is 3.09. The molecule has 5 rings (SSSR count). The van der Waals surface area contributed by atoms with Gasteiger partial charge >= 0.3 is 0 Å². The fourth-order valence-electron chi connectivity index (χ4n) is 4.77. The first-order valence-corrected chi connectivity index (χ1v) is 10.5. The summed E-state index contributed by atoms with van der Waals surface area (Å²) in [6.45, 7) is 1.26. The number of nitrogens with one attached hydrogen (secondary N) is 3. The Hall–Kier alpha value is -2.77. The van der Waals surface area contributed by atoms with Gasteiger partial charge in [-0.2, -0.15) is 0 Å². The number of anilines is 2. The highest BCUT2D eigenvalue weighted by molar-refractivity contribution is 6.32. The smallest absolute Gasteiger partial charge is 0.232 e. The van der Waals surface area contributed by atoms with E-state index in [-0.39, 0.29) is 28.7 Å². The van der Waals surface area contributed by atoms with E-state index in [4.69, 9.17) is 21.7 Å². The van der Waals surface area contributed by atoms with E-state index in [9.17, 15) is 9.90 Å². The van der Waals surface area contributed by atoms with Crippen molar-refractivity contribution in [3.05, 3.63) is 52.5 Å². The molecule has 2 saturated heterocycles. The van der Waals surface area contributed by atoms with Crippen LogP contribution in [-0.2, 0) is 21.5 Å². The molecule has 3 aliphatic rings. The maximum Gasteiger partial charge on any atom is 0.232 e. The summed E-state index contributed by atoms with van der Waals surface area (Å²) >= 11 is 6.02. The predicted molar refractivity (Wildman–Crippen MR) is 114 cm³/mol. The number of hydrogen-bond acceptors (Lipinski definition) is 5. The molecule has 2 aromatic rings. The molecule has 1 atom stereocenters. The first-order chi connectivity index (χ1) is 14.5. The summed E-state index contributed by atoms with van der Waals surface area (Å²) in [6, 6.07) is 11.0. The number of amides is 1. The monoisotopic (exact) mass is 426 g/mol. The van der Waals surface area contributed by atoms with Crippen molar-refractivity contribution in [3.63, 3.8) is 0 Å². The predicted octanol–water partition coefficient (Wildman–Crippen LogP) is 3.48. The van der Waals surface area contributed by atoms with Gasteiger partial charge in [-0.3, -0.25) is 15.1 Å². The molecule has 8 heteroatoms. The van der Waals surface area contributed by atoms with Crippen LogP contribution in [-0.4, -0.2) is 41.1 Å². The lowest BCUT2D eigenvalue weighted by molar-refractivity contribution is -0.134. The van der Waals surface area contributed by atoms with Crippen LogP contribution in [0.1, 0.15) is 30.4 Å². The van der Waals surface area contributed by atoms with Crippen molar-refractivity contribution in [2.45, 2.75) is 37.3 Å². The van der Waals surface area contributed by atoms with Gasteiger partial charge in [-0.15, -0.1) is 0 Å². The zero-order valence-electron chi connectivity index (χ0n) is 16.4. The van der Waals surface area contributed by atoms with Gasteiger partial charge in [-0.1, -0.05) is 23.7 Å². The number of ether oxygens (including phenoxy) is 1. The fourth-order valence-corrected chi connectivity index (χ4v) is 4.95. The first kappa shape index (κ1) is 19.2. The average Bonchev–Trinajstić information content (AvgIpc) is 2.71. The van der Waals surface area contributed by atoms with Gasteiger partial charge < -0.3 is 20.5 Å². The van der Waals surface area contributed by atoms with Gasteiger partial charge in [0.05, 0.1) is 17.0 Å². The number of rotatable bonds is 3. The Labute approximate surface area is 179 Å². The number of halogens is 1. The van der Waals surface area contributed by atoms with Crippen molar-refractivity contribution in [1.82, 2.24) is 10.2 Å². The number of benzene rings is 2. The fraction of sp³-hybridized carbons (Fsp3) is 0.364. The van der Waals surface area contributed by atoms with Crippen molar-refractivity contribution in [3.8, 4) is 5.75 Å². The largest absolute Gasteiger partial charge is 0.506 e. The number of carbonyl (C=O) groups excluding carboxylic acids is 1. The Morgan fingerprint density at radius 1 is 1.23 bits per heavy atom. The molecule has 4 N–H and O–H groups in total. The SMILES string of the molecule is N=C1N[C@]2(CC(=O)N1C1CCOCC1)Cc1c(Nc3ccc(O)c(Cl)c3)cccc12. The molecule has 0 unspecified atom stereocenters. The van der Waals surface area contributed by atoms with Crippen LogP contribution in [0.3, 0.4) is 0 Å². The Morgan fingerprint density at radius 2 is 2.03 bits per heavy atom. The normalized spacial score (nSPS) is 23.7. The lowest BCUT2D eigenvalue weighted by atomic mass is 9.67. The lowest BCUT2D eigenvalue weighted by Gasteiger charge is -2.51. The molecule has 1 aliphatic carbocycles. The topological polar surface area (TPSA) is 97.7 Å². The van der Waals surface area contributed by atoms with Gasteiger partial charge in [0, 0.05) is 37.1 Å². The first-order valence-electron chi connectivity index (χ1n) is 10.1. The minimum absolute atomic E-state index is 0.0000198. The average molecular weight is 427 g/mol. The van der Waals surface area contributed by atoms with Crippen LogP contribution in [0.15, 0.2) is 36.4 Å². The van der Waals surface area contributed by atoms with E-state index in [0.717, 1.165) is 35.3 Å². The highest BCUT2D eigenvalue weighted by Gasteiger charge is 2.51. The number of fused-ring (bicyclic) bond motifs is 2. The number of carbonyl (C=O) groups is 1. The Bertz CT molecular complexity index is 1020. The van der Waals surface area contributed by atoms with E-state index in [1.54, 1.807) is 23.1 Å². The van der Waals surface area contributed by atoms with Crippen molar-refractivity contribution in [1.29, 1.82) is 5.41 Å². The van der Waals surface area contributed by atoms with Crippen molar-refractivity contribution in [2.75, 3.05) is 18.5 Å². The van der Waals surface area contributed by atoms with E-state index in [1.165, 1.54) is 0 Å². The van der Waals surface area contributed by atoms with Crippen molar-refractivity contribution >= 4 is 34.8 Å². The van der Waals surface area contributed by atoms with Gasteiger partial charge in [0.15, 0.2) is 5.96 Å². The molecule has 2 fully saturated rings. The van der Waals surface area contributed by atoms with Crippen LogP contribution >= 0.6 is 11.6 Å². The third-order valence-electron chi connectivity index (χ3n) is 6.27. The highest BCUT2D eigenvalue weighted by Crippen LogP contribution is 2.47. The molecule has 30 heavy (non-hydrogen) atoms. The quantitative estimate of drug-likeness (QED) is 0.563. The molecular formula is C22H23ClN4O3. The molecule has 0 radical (unpaired) electrons. The van der Waals surface area contributed by atoms with Crippen LogP contribution in [0.4, 0.5) is 11.4 Å². The van der Waals surface area contributed by atoms with Crippen LogP contribution in [0.25, 0.3) is 0 Å².